The fourth-order valence-electron chi connectivity index (χ4n) is 1.83. The van der Waals surface area contributed by atoms with Crippen LogP contribution >= 0.6 is 15.9 Å². The minimum absolute atomic E-state index is 0.239. The molecule has 3 aromatic rings. The Bertz CT molecular complexity index is 691. The van der Waals surface area contributed by atoms with Gasteiger partial charge in [-0.3, -0.25) is 0 Å². The number of hydrogen-bond acceptors (Lipinski definition) is 2. The van der Waals surface area contributed by atoms with Crippen molar-refractivity contribution in [3.8, 4) is 11.4 Å². The van der Waals surface area contributed by atoms with Gasteiger partial charge in [0.1, 0.15) is 5.75 Å². The molecule has 1 heterocycles. The molecule has 0 aliphatic rings. The smallest absolute Gasteiger partial charge is 0.117 e. The summed E-state index contributed by atoms with van der Waals surface area (Å²) in [6.07, 6.45) is 1.81. The first-order chi connectivity index (χ1) is 8.24. The van der Waals surface area contributed by atoms with E-state index >= 15 is 0 Å². The molecule has 3 rings (SSSR count). The lowest BCUT2D eigenvalue weighted by atomic mass is 10.2. The summed E-state index contributed by atoms with van der Waals surface area (Å²) < 4.78 is 2.84. The van der Waals surface area contributed by atoms with Crippen LogP contribution in [-0.2, 0) is 0 Å². The molecule has 2 aromatic carbocycles. The lowest BCUT2D eigenvalue weighted by Crippen LogP contribution is -1.94. The second-order valence-electron chi connectivity index (χ2n) is 3.78. The van der Waals surface area contributed by atoms with Crippen LogP contribution in [0.1, 0.15) is 0 Å². The Morgan fingerprint density at radius 1 is 1.12 bits per heavy atom. The zero-order valence-electron chi connectivity index (χ0n) is 8.84. The summed E-state index contributed by atoms with van der Waals surface area (Å²) in [5.41, 5.74) is 1.86. The Hall–Kier alpha value is -1.81. The third kappa shape index (κ3) is 1.80. The van der Waals surface area contributed by atoms with Gasteiger partial charge in [0.15, 0.2) is 0 Å². The van der Waals surface area contributed by atoms with E-state index in [1.807, 2.05) is 35.1 Å². The molecule has 17 heavy (non-hydrogen) atoms. The molecule has 3 nitrogen and oxygen atoms in total. The van der Waals surface area contributed by atoms with E-state index in [0.29, 0.717) is 0 Å². The normalized spacial score (nSPS) is 10.9. The van der Waals surface area contributed by atoms with Crippen molar-refractivity contribution in [2.24, 2.45) is 0 Å². The lowest BCUT2D eigenvalue weighted by Gasteiger charge is -2.03. The molecule has 0 unspecified atom stereocenters. The molecule has 0 spiro atoms. The highest BCUT2D eigenvalue weighted by Gasteiger charge is 2.05. The monoisotopic (exact) mass is 288 g/mol. The van der Waals surface area contributed by atoms with Crippen LogP contribution in [-0.4, -0.2) is 14.9 Å². The first kappa shape index (κ1) is 10.4. The molecule has 4 heteroatoms. The summed E-state index contributed by atoms with van der Waals surface area (Å²) in [5.74, 6) is 0.239. The van der Waals surface area contributed by atoms with Gasteiger partial charge in [0.25, 0.3) is 0 Å². The molecule has 84 valence electrons. The van der Waals surface area contributed by atoms with Crippen LogP contribution in [0.15, 0.2) is 53.1 Å². The van der Waals surface area contributed by atoms with E-state index in [9.17, 15) is 5.11 Å². The summed E-state index contributed by atoms with van der Waals surface area (Å²) in [6, 6.07) is 13.0. The molecule has 1 N–H and O–H groups in total. The quantitative estimate of drug-likeness (QED) is 0.744. The molecule has 0 bridgehead atoms. The van der Waals surface area contributed by atoms with E-state index in [-0.39, 0.29) is 5.75 Å². The van der Waals surface area contributed by atoms with Crippen LogP contribution in [0.2, 0.25) is 0 Å². The van der Waals surface area contributed by atoms with Crippen molar-refractivity contribution in [3.05, 3.63) is 53.1 Å². The second kappa shape index (κ2) is 3.89. The van der Waals surface area contributed by atoms with Crippen molar-refractivity contribution < 1.29 is 5.11 Å². The number of hydrogen-bond donors (Lipinski definition) is 1. The van der Waals surface area contributed by atoms with Gasteiger partial charge in [-0.15, -0.1) is 0 Å². The highest BCUT2D eigenvalue weighted by molar-refractivity contribution is 9.10. The summed E-state index contributed by atoms with van der Waals surface area (Å²) in [5, 5.41) is 14.9. The number of aromatic nitrogens is 2. The maximum atomic E-state index is 9.48. The first-order valence-electron chi connectivity index (χ1n) is 5.17. The van der Waals surface area contributed by atoms with Crippen LogP contribution < -0.4 is 0 Å². The van der Waals surface area contributed by atoms with E-state index in [1.165, 1.54) is 0 Å². The minimum Gasteiger partial charge on any atom is -0.508 e. The van der Waals surface area contributed by atoms with E-state index < -0.39 is 0 Å². The minimum atomic E-state index is 0.239. The maximum absolute atomic E-state index is 9.48. The van der Waals surface area contributed by atoms with E-state index in [0.717, 1.165) is 21.1 Å². The molecular weight excluding hydrogens is 280 g/mol. The number of benzene rings is 2. The maximum Gasteiger partial charge on any atom is 0.117 e. The fourth-order valence-corrected chi connectivity index (χ4v) is 2.21. The van der Waals surface area contributed by atoms with Crippen molar-refractivity contribution in [1.82, 2.24) is 9.78 Å². The molecule has 0 saturated carbocycles. The molecule has 0 amide bonds. The zero-order chi connectivity index (χ0) is 11.8. The van der Waals surface area contributed by atoms with Gasteiger partial charge in [-0.1, -0.05) is 22.0 Å². The van der Waals surface area contributed by atoms with Crippen molar-refractivity contribution in [3.63, 3.8) is 0 Å². The summed E-state index contributed by atoms with van der Waals surface area (Å²) in [4.78, 5) is 0. The number of halogens is 1. The van der Waals surface area contributed by atoms with E-state index in [2.05, 4.69) is 21.0 Å². The van der Waals surface area contributed by atoms with Crippen LogP contribution in [0.4, 0.5) is 0 Å². The SMILES string of the molecule is Oc1cccc(-n2ncc3cc(Br)ccc32)c1. The van der Waals surface area contributed by atoms with Crippen molar-refractivity contribution in [2.75, 3.05) is 0 Å². The predicted molar refractivity (Wildman–Crippen MR) is 70.4 cm³/mol. The third-order valence-corrected chi connectivity index (χ3v) is 3.10. The van der Waals surface area contributed by atoms with Gasteiger partial charge in [-0.2, -0.15) is 5.10 Å². The Morgan fingerprint density at radius 2 is 2.00 bits per heavy atom. The van der Waals surface area contributed by atoms with Crippen LogP contribution in [0.3, 0.4) is 0 Å². The summed E-state index contributed by atoms with van der Waals surface area (Å²) in [6.45, 7) is 0. The molecular formula is C13H9BrN2O. The predicted octanol–water partition coefficient (Wildman–Crippen LogP) is 3.49. The van der Waals surface area contributed by atoms with Crippen molar-refractivity contribution in [2.45, 2.75) is 0 Å². The third-order valence-electron chi connectivity index (χ3n) is 2.60. The second-order valence-corrected chi connectivity index (χ2v) is 4.70. The lowest BCUT2D eigenvalue weighted by molar-refractivity contribution is 0.475. The van der Waals surface area contributed by atoms with Gasteiger partial charge in [0, 0.05) is 15.9 Å². The summed E-state index contributed by atoms with van der Waals surface area (Å²) in [7, 11) is 0. The number of aromatic hydroxyl groups is 1. The van der Waals surface area contributed by atoms with Crippen molar-refractivity contribution in [1.29, 1.82) is 0 Å². The Labute approximate surface area is 106 Å². The number of fused-ring (bicyclic) bond motifs is 1. The van der Waals surface area contributed by atoms with Gasteiger partial charge < -0.3 is 5.11 Å². The van der Waals surface area contributed by atoms with Gasteiger partial charge >= 0.3 is 0 Å². The first-order valence-corrected chi connectivity index (χ1v) is 5.96. The largest absolute Gasteiger partial charge is 0.508 e. The fraction of sp³-hybridized carbons (Fsp3) is 0. The van der Waals surface area contributed by atoms with Crippen LogP contribution in [0.25, 0.3) is 16.6 Å². The molecule has 0 atom stereocenters. The van der Waals surface area contributed by atoms with Crippen molar-refractivity contribution >= 4 is 26.8 Å². The summed E-state index contributed by atoms with van der Waals surface area (Å²) >= 11 is 3.43. The number of phenolic OH excluding ortho intramolecular Hbond substituents is 1. The van der Waals surface area contributed by atoms with Gasteiger partial charge in [0.05, 0.1) is 17.4 Å². The number of nitrogens with zero attached hydrogens (tertiary/aromatic N) is 2. The Morgan fingerprint density at radius 3 is 2.82 bits per heavy atom. The van der Waals surface area contributed by atoms with Gasteiger partial charge in [0.2, 0.25) is 0 Å². The standard InChI is InChI=1S/C13H9BrN2O/c14-10-4-5-13-9(6-10)8-15-16(13)11-2-1-3-12(17)7-11/h1-8,17H. The average Bonchev–Trinajstić information content (AvgIpc) is 2.71. The molecule has 0 radical (unpaired) electrons. The van der Waals surface area contributed by atoms with Gasteiger partial charge in [-0.05, 0) is 30.3 Å². The molecule has 0 saturated heterocycles. The number of rotatable bonds is 1. The van der Waals surface area contributed by atoms with E-state index in [4.69, 9.17) is 0 Å². The van der Waals surface area contributed by atoms with Crippen LogP contribution in [0.5, 0.6) is 5.75 Å². The molecule has 1 aromatic heterocycles. The highest BCUT2D eigenvalue weighted by Crippen LogP contribution is 2.23. The average molecular weight is 289 g/mol. The molecule has 0 fully saturated rings. The zero-order valence-corrected chi connectivity index (χ0v) is 10.4. The topological polar surface area (TPSA) is 38.0 Å². The molecule has 0 aliphatic heterocycles. The van der Waals surface area contributed by atoms with Gasteiger partial charge in [-0.25, -0.2) is 4.68 Å². The van der Waals surface area contributed by atoms with E-state index in [1.54, 1.807) is 18.2 Å². The Kier molecular flexibility index (Phi) is 2.37. The Balaban J connectivity index is 2.24. The highest BCUT2D eigenvalue weighted by atomic mass is 79.9. The number of phenols is 1. The molecule has 0 aliphatic carbocycles. The van der Waals surface area contributed by atoms with Crippen LogP contribution in [0, 0.1) is 0 Å².